The molecule has 4 nitrogen and oxygen atoms in total. The van der Waals surface area contributed by atoms with Crippen molar-refractivity contribution in [3.05, 3.63) is 58.1 Å². The first-order chi connectivity index (χ1) is 10.1. The summed E-state index contributed by atoms with van der Waals surface area (Å²) >= 11 is 6.02. The third kappa shape index (κ3) is 1.63. The molecule has 0 saturated carbocycles. The molecule has 2 N–H and O–H groups in total. The molecule has 2 aliphatic heterocycles. The van der Waals surface area contributed by atoms with Crippen molar-refractivity contribution in [2.75, 3.05) is 11.9 Å². The summed E-state index contributed by atoms with van der Waals surface area (Å²) in [6.07, 6.45) is 0.781. The van der Waals surface area contributed by atoms with Crippen molar-refractivity contribution in [2.45, 2.75) is 12.0 Å². The van der Waals surface area contributed by atoms with Gasteiger partial charge in [0.15, 0.2) is 5.60 Å². The van der Waals surface area contributed by atoms with E-state index in [9.17, 15) is 9.90 Å². The molecule has 0 aromatic heterocycles. The lowest BCUT2D eigenvalue weighted by Crippen LogP contribution is -2.35. The number of benzene rings is 2. The quantitative estimate of drug-likeness (QED) is 0.850. The molecule has 1 unspecified atom stereocenters. The van der Waals surface area contributed by atoms with Gasteiger partial charge in [-0.3, -0.25) is 4.79 Å². The highest BCUT2D eigenvalue weighted by Crippen LogP contribution is 2.46. The van der Waals surface area contributed by atoms with Crippen LogP contribution >= 0.6 is 11.6 Å². The summed E-state index contributed by atoms with van der Waals surface area (Å²) in [6.45, 7) is 0.562. The molecule has 2 heterocycles. The Bertz CT molecular complexity index is 774. The van der Waals surface area contributed by atoms with E-state index in [2.05, 4.69) is 5.32 Å². The number of rotatable bonds is 1. The standard InChI is InChI=1S/C16H12ClNO3/c17-10-4-5-13-12(8-10)16(20,15(19)18-13)11-3-1-2-9-6-7-21-14(9)11/h1-5,8,20H,6-7H2,(H,18,19). The van der Waals surface area contributed by atoms with Gasteiger partial charge in [-0.2, -0.15) is 0 Å². The SMILES string of the molecule is O=C1Nc2ccc(Cl)cc2C1(O)c1cccc2c1OCC2. The number of para-hydroxylation sites is 1. The predicted octanol–water partition coefficient (Wildman–Crippen LogP) is 2.46. The summed E-state index contributed by atoms with van der Waals surface area (Å²) in [5.74, 6) is 0.117. The number of hydrogen-bond acceptors (Lipinski definition) is 3. The molecule has 0 radical (unpaired) electrons. The Morgan fingerprint density at radius 1 is 1.24 bits per heavy atom. The van der Waals surface area contributed by atoms with Crippen molar-refractivity contribution >= 4 is 23.2 Å². The van der Waals surface area contributed by atoms with Gasteiger partial charge in [-0.1, -0.05) is 29.8 Å². The average molecular weight is 302 g/mol. The highest BCUT2D eigenvalue weighted by Gasteiger charge is 2.49. The largest absolute Gasteiger partial charge is 0.493 e. The van der Waals surface area contributed by atoms with Gasteiger partial charge in [0.1, 0.15) is 5.75 Å². The second-order valence-corrected chi connectivity index (χ2v) is 5.68. The van der Waals surface area contributed by atoms with Gasteiger partial charge in [0.25, 0.3) is 5.91 Å². The molecule has 0 fully saturated rings. The van der Waals surface area contributed by atoms with Crippen LogP contribution in [0.5, 0.6) is 5.75 Å². The van der Waals surface area contributed by atoms with Crippen molar-refractivity contribution in [3.63, 3.8) is 0 Å². The van der Waals surface area contributed by atoms with E-state index < -0.39 is 11.5 Å². The fraction of sp³-hybridized carbons (Fsp3) is 0.188. The van der Waals surface area contributed by atoms with Crippen LogP contribution in [0.3, 0.4) is 0 Å². The van der Waals surface area contributed by atoms with E-state index in [4.69, 9.17) is 16.3 Å². The van der Waals surface area contributed by atoms with E-state index in [0.29, 0.717) is 34.2 Å². The molecular formula is C16H12ClNO3. The lowest BCUT2D eigenvalue weighted by Gasteiger charge is -2.23. The molecule has 1 amide bonds. The zero-order valence-corrected chi connectivity index (χ0v) is 11.8. The van der Waals surface area contributed by atoms with Gasteiger partial charge < -0.3 is 15.2 Å². The molecule has 0 spiro atoms. The highest BCUT2D eigenvalue weighted by molar-refractivity contribution is 6.31. The van der Waals surface area contributed by atoms with Gasteiger partial charge in [-0.05, 0) is 23.8 Å². The van der Waals surface area contributed by atoms with Crippen molar-refractivity contribution in [2.24, 2.45) is 0 Å². The van der Waals surface area contributed by atoms with Crippen molar-refractivity contribution in [1.82, 2.24) is 0 Å². The maximum atomic E-state index is 12.4. The Hall–Kier alpha value is -2.04. The van der Waals surface area contributed by atoms with Gasteiger partial charge >= 0.3 is 0 Å². The fourth-order valence-corrected chi connectivity index (χ4v) is 3.20. The lowest BCUT2D eigenvalue weighted by molar-refractivity contribution is -0.129. The minimum Gasteiger partial charge on any atom is -0.493 e. The number of fused-ring (bicyclic) bond motifs is 2. The van der Waals surface area contributed by atoms with Gasteiger partial charge in [-0.15, -0.1) is 0 Å². The number of anilines is 1. The molecule has 1 atom stereocenters. The zero-order valence-electron chi connectivity index (χ0n) is 11.0. The molecule has 0 saturated heterocycles. The number of aliphatic hydroxyl groups is 1. The van der Waals surface area contributed by atoms with Crippen LogP contribution in [0.25, 0.3) is 0 Å². The minimum atomic E-state index is -1.77. The third-order valence-corrected chi connectivity index (χ3v) is 4.29. The number of carbonyl (C=O) groups excluding carboxylic acids is 1. The summed E-state index contributed by atoms with van der Waals surface area (Å²) in [5.41, 5.74) is 0.738. The Labute approximate surface area is 126 Å². The average Bonchev–Trinajstić information content (AvgIpc) is 3.04. The van der Waals surface area contributed by atoms with Gasteiger partial charge in [-0.25, -0.2) is 0 Å². The molecule has 106 valence electrons. The van der Waals surface area contributed by atoms with E-state index in [-0.39, 0.29) is 0 Å². The normalized spacial score (nSPS) is 22.5. The topological polar surface area (TPSA) is 58.6 Å². The van der Waals surface area contributed by atoms with E-state index in [1.54, 1.807) is 24.3 Å². The Morgan fingerprint density at radius 2 is 2.10 bits per heavy atom. The van der Waals surface area contributed by atoms with Gasteiger partial charge in [0, 0.05) is 28.3 Å². The minimum absolute atomic E-state index is 0.462. The molecule has 21 heavy (non-hydrogen) atoms. The molecule has 5 heteroatoms. The van der Waals surface area contributed by atoms with Crippen molar-refractivity contribution in [1.29, 1.82) is 0 Å². The molecular weight excluding hydrogens is 290 g/mol. The third-order valence-electron chi connectivity index (χ3n) is 4.05. The van der Waals surface area contributed by atoms with Crippen LogP contribution in [-0.2, 0) is 16.8 Å². The molecule has 2 aromatic rings. The van der Waals surface area contributed by atoms with E-state index >= 15 is 0 Å². The number of carbonyl (C=O) groups is 1. The first kappa shape index (κ1) is 12.7. The highest BCUT2D eigenvalue weighted by atomic mass is 35.5. The number of hydrogen-bond donors (Lipinski definition) is 2. The van der Waals surface area contributed by atoms with Crippen LogP contribution in [0.2, 0.25) is 5.02 Å². The molecule has 0 bridgehead atoms. The molecule has 0 aliphatic carbocycles. The molecule has 2 aromatic carbocycles. The van der Waals surface area contributed by atoms with Crippen molar-refractivity contribution < 1.29 is 14.6 Å². The summed E-state index contributed by atoms with van der Waals surface area (Å²) in [4.78, 5) is 12.4. The second-order valence-electron chi connectivity index (χ2n) is 5.25. The van der Waals surface area contributed by atoms with Crippen LogP contribution in [0, 0.1) is 0 Å². The van der Waals surface area contributed by atoms with Crippen LogP contribution in [0.1, 0.15) is 16.7 Å². The maximum Gasteiger partial charge on any atom is 0.266 e. The molecule has 2 aliphatic rings. The second kappa shape index (κ2) is 4.23. The zero-order chi connectivity index (χ0) is 14.6. The van der Waals surface area contributed by atoms with E-state index in [1.807, 2.05) is 12.1 Å². The summed E-state index contributed by atoms with van der Waals surface area (Å²) in [7, 11) is 0. The fourth-order valence-electron chi connectivity index (χ4n) is 3.03. The number of nitrogens with one attached hydrogen (secondary N) is 1. The Kier molecular flexibility index (Phi) is 2.55. The van der Waals surface area contributed by atoms with Gasteiger partial charge in [0.05, 0.1) is 6.61 Å². The first-order valence-corrected chi connectivity index (χ1v) is 7.07. The number of amides is 1. The Balaban J connectivity index is 1.98. The number of halogens is 1. The molecule has 4 rings (SSSR count). The Morgan fingerprint density at radius 3 is 2.95 bits per heavy atom. The summed E-state index contributed by atoms with van der Waals surface area (Å²) in [6, 6.07) is 10.5. The lowest BCUT2D eigenvalue weighted by atomic mass is 9.86. The predicted molar refractivity (Wildman–Crippen MR) is 78.7 cm³/mol. The maximum absolute atomic E-state index is 12.4. The van der Waals surface area contributed by atoms with Crippen LogP contribution in [0.15, 0.2) is 36.4 Å². The summed E-state index contributed by atoms with van der Waals surface area (Å²) in [5, 5.41) is 14.3. The smallest absolute Gasteiger partial charge is 0.266 e. The van der Waals surface area contributed by atoms with Gasteiger partial charge in [0.2, 0.25) is 0 Å². The number of ether oxygens (including phenoxy) is 1. The van der Waals surface area contributed by atoms with Crippen LogP contribution in [0.4, 0.5) is 5.69 Å². The first-order valence-electron chi connectivity index (χ1n) is 6.70. The summed E-state index contributed by atoms with van der Waals surface area (Å²) < 4.78 is 5.63. The van der Waals surface area contributed by atoms with Crippen LogP contribution in [-0.4, -0.2) is 17.6 Å². The van der Waals surface area contributed by atoms with Crippen LogP contribution < -0.4 is 10.1 Å². The van der Waals surface area contributed by atoms with E-state index in [0.717, 1.165) is 12.0 Å². The van der Waals surface area contributed by atoms with E-state index in [1.165, 1.54) is 0 Å². The monoisotopic (exact) mass is 301 g/mol. The van der Waals surface area contributed by atoms with Crippen molar-refractivity contribution in [3.8, 4) is 5.75 Å².